The Labute approximate surface area is 228 Å². The second-order valence-corrected chi connectivity index (χ2v) is 11.7. The number of fused-ring (bicyclic) bond motifs is 1. The molecular formula is C27H31Cl2N3O4S. The summed E-state index contributed by atoms with van der Waals surface area (Å²) in [6.07, 6.45) is 1.73. The highest BCUT2D eigenvalue weighted by molar-refractivity contribution is 7.89. The molecule has 1 atom stereocenters. The quantitative estimate of drug-likeness (QED) is 0.329. The number of carbonyl (C=O) groups excluding carboxylic acids is 2. The van der Waals surface area contributed by atoms with E-state index in [9.17, 15) is 18.0 Å². The first-order valence-electron chi connectivity index (χ1n) is 12.0. The van der Waals surface area contributed by atoms with Crippen molar-refractivity contribution < 1.29 is 18.0 Å². The first-order valence-corrected chi connectivity index (χ1v) is 14.2. The Kier molecular flexibility index (Phi) is 9.95. The molecule has 0 saturated carbocycles. The largest absolute Gasteiger partial charge is 0.354 e. The third-order valence-corrected chi connectivity index (χ3v) is 8.66. The third-order valence-electron chi connectivity index (χ3n) is 6.12. The minimum absolute atomic E-state index is 0.0575. The number of halogens is 2. The number of hydrogen-bond acceptors (Lipinski definition) is 4. The maximum Gasteiger partial charge on any atom is 0.243 e. The number of nitrogens with zero attached hydrogens (tertiary/aromatic N) is 2. The van der Waals surface area contributed by atoms with E-state index in [4.69, 9.17) is 23.2 Å². The monoisotopic (exact) mass is 563 g/mol. The van der Waals surface area contributed by atoms with Crippen LogP contribution in [0.2, 0.25) is 10.0 Å². The van der Waals surface area contributed by atoms with Crippen molar-refractivity contribution >= 4 is 55.8 Å². The first-order chi connectivity index (χ1) is 17.5. The lowest BCUT2D eigenvalue weighted by molar-refractivity contribution is -0.140. The van der Waals surface area contributed by atoms with Crippen LogP contribution in [0.3, 0.4) is 0 Å². The Morgan fingerprint density at radius 3 is 2.35 bits per heavy atom. The van der Waals surface area contributed by atoms with Gasteiger partial charge in [-0.15, -0.1) is 0 Å². The zero-order valence-electron chi connectivity index (χ0n) is 21.1. The van der Waals surface area contributed by atoms with Gasteiger partial charge < -0.3 is 10.2 Å². The molecule has 0 aromatic heterocycles. The molecule has 0 radical (unpaired) electrons. The normalized spacial score (nSPS) is 12.5. The van der Waals surface area contributed by atoms with Crippen LogP contribution in [-0.2, 0) is 26.2 Å². The summed E-state index contributed by atoms with van der Waals surface area (Å²) in [5.74, 6) is -0.835. The Morgan fingerprint density at radius 1 is 0.973 bits per heavy atom. The maximum absolute atomic E-state index is 13.5. The number of sulfonamides is 1. The summed E-state index contributed by atoms with van der Waals surface area (Å²) < 4.78 is 27.6. The van der Waals surface area contributed by atoms with Gasteiger partial charge in [-0.2, -0.15) is 4.31 Å². The SMILES string of the molecule is CCCCNC(=O)C(C)N(Cc1ccc(Cl)c(Cl)c1)C(=O)CN(C)S(=O)(=O)c1ccc2ccccc2c1. The van der Waals surface area contributed by atoms with Crippen molar-refractivity contribution in [3.05, 3.63) is 76.3 Å². The van der Waals surface area contributed by atoms with Crippen molar-refractivity contribution in [1.29, 1.82) is 0 Å². The van der Waals surface area contributed by atoms with E-state index in [2.05, 4.69) is 5.32 Å². The Hall–Kier alpha value is -2.65. The summed E-state index contributed by atoms with van der Waals surface area (Å²) in [6.45, 7) is 3.74. The van der Waals surface area contributed by atoms with Crippen molar-refractivity contribution in [2.45, 2.75) is 44.2 Å². The minimum atomic E-state index is -3.96. The highest BCUT2D eigenvalue weighted by atomic mass is 35.5. The lowest BCUT2D eigenvalue weighted by Gasteiger charge is -2.30. The number of hydrogen-bond donors (Lipinski definition) is 1. The fraction of sp³-hybridized carbons (Fsp3) is 0.333. The topological polar surface area (TPSA) is 86.8 Å². The molecule has 3 rings (SSSR count). The van der Waals surface area contributed by atoms with Gasteiger partial charge in [-0.1, -0.05) is 72.9 Å². The number of likely N-dealkylation sites (N-methyl/N-ethyl adjacent to an activating group) is 1. The number of rotatable bonds is 11. The van der Waals surface area contributed by atoms with Gasteiger partial charge in [0.1, 0.15) is 6.04 Å². The summed E-state index contributed by atoms with van der Waals surface area (Å²) in [6, 6.07) is 16.4. The number of carbonyl (C=O) groups is 2. The van der Waals surface area contributed by atoms with Gasteiger partial charge in [0.15, 0.2) is 0 Å². The van der Waals surface area contributed by atoms with E-state index in [1.165, 1.54) is 18.0 Å². The van der Waals surface area contributed by atoms with Crippen molar-refractivity contribution in [3.8, 4) is 0 Å². The van der Waals surface area contributed by atoms with Gasteiger partial charge in [0.2, 0.25) is 21.8 Å². The van der Waals surface area contributed by atoms with Gasteiger partial charge in [0.05, 0.1) is 21.5 Å². The second-order valence-electron chi connectivity index (χ2n) is 8.86. The van der Waals surface area contributed by atoms with Crippen molar-refractivity contribution in [2.24, 2.45) is 0 Å². The van der Waals surface area contributed by atoms with Gasteiger partial charge in [-0.25, -0.2) is 8.42 Å². The second kappa shape index (κ2) is 12.7. The predicted molar refractivity (Wildman–Crippen MR) is 148 cm³/mol. The van der Waals surface area contributed by atoms with Crippen molar-refractivity contribution in [3.63, 3.8) is 0 Å². The number of benzene rings is 3. The molecule has 37 heavy (non-hydrogen) atoms. The van der Waals surface area contributed by atoms with Gasteiger partial charge in [-0.3, -0.25) is 9.59 Å². The third kappa shape index (κ3) is 7.23. The van der Waals surface area contributed by atoms with Crippen LogP contribution in [-0.4, -0.2) is 55.6 Å². The van der Waals surface area contributed by atoms with Crippen LogP contribution in [0.15, 0.2) is 65.6 Å². The molecule has 0 bridgehead atoms. The first kappa shape index (κ1) is 28.9. The Bertz CT molecular complexity index is 1380. The summed E-state index contributed by atoms with van der Waals surface area (Å²) >= 11 is 12.2. The summed E-state index contributed by atoms with van der Waals surface area (Å²) in [5.41, 5.74) is 0.663. The molecule has 0 aliphatic rings. The number of unbranched alkanes of at least 4 members (excludes halogenated alkanes) is 1. The average molecular weight is 565 g/mol. The Balaban J connectivity index is 1.84. The van der Waals surface area contributed by atoms with Crippen LogP contribution in [0.25, 0.3) is 10.8 Å². The molecular weight excluding hydrogens is 533 g/mol. The molecule has 7 nitrogen and oxygen atoms in total. The van der Waals surface area contributed by atoms with E-state index in [1.54, 1.807) is 37.3 Å². The lowest BCUT2D eigenvalue weighted by Crippen LogP contribution is -2.50. The summed E-state index contributed by atoms with van der Waals surface area (Å²) in [7, 11) is -2.61. The molecule has 0 aliphatic carbocycles. The molecule has 3 aromatic rings. The zero-order chi connectivity index (χ0) is 27.2. The molecule has 10 heteroatoms. The molecule has 1 unspecified atom stereocenters. The minimum Gasteiger partial charge on any atom is -0.354 e. The smallest absolute Gasteiger partial charge is 0.243 e. The van der Waals surface area contributed by atoms with Crippen LogP contribution in [0.4, 0.5) is 0 Å². The highest BCUT2D eigenvalue weighted by Crippen LogP contribution is 2.25. The van der Waals surface area contributed by atoms with Crippen LogP contribution in [0.5, 0.6) is 0 Å². The van der Waals surface area contributed by atoms with E-state index >= 15 is 0 Å². The number of amides is 2. The molecule has 0 spiro atoms. The number of nitrogens with one attached hydrogen (secondary N) is 1. The molecule has 1 N–H and O–H groups in total. The van der Waals surface area contributed by atoms with E-state index in [0.717, 1.165) is 27.9 Å². The van der Waals surface area contributed by atoms with Gasteiger partial charge >= 0.3 is 0 Å². The summed E-state index contributed by atoms with van der Waals surface area (Å²) in [4.78, 5) is 27.7. The standard InChI is InChI=1S/C27H31Cl2N3O4S/c1-4-5-14-30-27(34)19(2)32(17-20-10-13-24(28)25(29)15-20)26(33)18-31(3)37(35,36)23-12-11-21-8-6-7-9-22(21)16-23/h6-13,15-16,19H,4-5,14,17-18H2,1-3H3,(H,30,34). The predicted octanol–water partition coefficient (Wildman–Crippen LogP) is 5.10. The molecule has 2 amide bonds. The lowest BCUT2D eigenvalue weighted by atomic mass is 10.1. The van der Waals surface area contributed by atoms with Gasteiger partial charge in [-0.05, 0) is 53.9 Å². The van der Waals surface area contributed by atoms with Crippen LogP contribution in [0.1, 0.15) is 32.3 Å². The zero-order valence-corrected chi connectivity index (χ0v) is 23.4. The summed E-state index contributed by atoms with van der Waals surface area (Å²) in [5, 5.41) is 5.22. The fourth-order valence-corrected chi connectivity index (χ4v) is 5.30. The van der Waals surface area contributed by atoms with E-state index in [0.29, 0.717) is 22.2 Å². The average Bonchev–Trinajstić information content (AvgIpc) is 2.88. The Morgan fingerprint density at radius 2 is 1.68 bits per heavy atom. The molecule has 3 aromatic carbocycles. The van der Waals surface area contributed by atoms with Crippen molar-refractivity contribution in [2.75, 3.05) is 20.1 Å². The van der Waals surface area contributed by atoms with Crippen LogP contribution in [0, 0.1) is 0 Å². The van der Waals surface area contributed by atoms with E-state index in [1.807, 2.05) is 31.2 Å². The molecule has 0 saturated heterocycles. The van der Waals surface area contributed by atoms with Gasteiger partial charge in [0, 0.05) is 20.1 Å². The maximum atomic E-state index is 13.5. The fourth-order valence-electron chi connectivity index (χ4n) is 3.83. The van der Waals surface area contributed by atoms with Crippen LogP contribution < -0.4 is 5.32 Å². The highest BCUT2D eigenvalue weighted by Gasteiger charge is 2.30. The molecule has 0 heterocycles. The van der Waals surface area contributed by atoms with E-state index < -0.39 is 28.5 Å². The molecule has 0 fully saturated rings. The van der Waals surface area contributed by atoms with Crippen molar-refractivity contribution in [1.82, 2.24) is 14.5 Å². The van der Waals surface area contributed by atoms with Crippen LogP contribution >= 0.6 is 23.2 Å². The molecule has 0 aliphatic heterocycles. The van der Waals surface area contributed by atoms with Gasteiger partial charge in [0.25, 0.3) is 0 Å². The molecule has 198 valence electrons. The van der Waals surface area contributed by atoms with E-state index in [-0.39, 0.29) is 17.3 Å².